The average Bonchev–Trinajstić information content (AvgIpc) is 3.13. The number of fused-ring (bicyclic) bond motifs is 2. The minimum absolute atomic E-state index is 0.0116. The summed E-state index contributed by atoms with van der Waals surface area (Å²) in [4.78, 5) is 29.0. The second-order valence-corrected chi connectivity index (χ2v) is 8.57. The molecule has 0 aromatic heterocycles. The molecule has 148 valence electrons. The second kappa shape index (κ2) is 6.73. The van der Waals surface area contributed by atoms with E-state index in [1.54, 1.807) is 12.0 Å². The zero-order valence-electron chi connectivity index (χ0n) is 17.3. The number of carbonyl (C=O) groups excluding carboxylic acids is 2. The molecule has 0 saturated carbocycles. The van der Waals surface area contributed by atoms with Gasteiger partial charge in [-0.2, -0.15) is 0 Å². The molecule has 3 rings (SSSR count). The number of carbonyl (C=O) groups is 2. The van der Waals surface area contributed by atoms with Gasteiger partial charge in [-0.1, -0.05) is 6.07 Å². The van der Waals surface area contributed by atoms with E-state index in [-0.39, 0.29) is 18.0 Å². The molecule has 27 heavy (non-hydrogen) atoms. The van der Waals surface area contributed by atoms with Crippen molar-refractivity contribution < 1.29 is 19.1 Å². The summed E-state index contributed by atoms with van der Waals surface area (Å²) in [6, 6.07) is 3.58. The number of amides is 2. The predicted molar refractivity (Wildman–Crippen MR) is 103 cm³/mol. The van der Waals surface area contributed by atoms with Crippen LogP contribution in [-0.2, 0) is 9.53 Å². The lowest BCUT2D eigenvalue weighted by Crippen LogP contribution is -2.53. The van der Waals surface area contributed by atoms with E-state index in [1.807, 2.05) is 44.7 Å². The van der Waals surface area contributed by atoms with Crippen LogP contribution in [0.25, 0.3) is 0 Å². The largest absolute Gasteiger partial charge is 0.496 e. The van der Waals surface area contributed by atoms with Crippen molar-refractivity contribution in [2.75, 3.05) is 13.7 Å². The molecule has 1 unspecified atom stereocenters. The molecule has 1 aromatic carbocycles. The first kappa shape index (κ1) is 19.5. The number of piperazine rings is 1. The molecule has 2 fully saturated rings. The number of ether oxygens (including phenoxy) is 2. The fraction of sp³-hybridized carbons (Fsp3) is 0.619. The van der Waals surface area contributed by atoms with Crippen LogP contribution in [-0.4, -0.2) is 53.1 Å². The number of rotatable bonds is 3. The van der Waals surface area contributed by atoms with Crippen LogP contribution >= 0.6 is 0 Å². The third-order valence-electron chi connectivity index (χ3n) is 5.71. The summed E-state index contributed by atoms with van der Waals surface area (Å²) in [5.41, 5.74) is 2.79. The van der Waals surface area contributed by atoms with Crippen LogP contribution in [0.15, 0.2) is 12.1 Å². The molecule has 2 aliphatic rings. The average molecular weight is 374 g/mol. The van der Waals surface area contributed by atoms with E-state index in [0.717, 1.165) is 22.4 Å². The van der Waals surface area contributed by atoms with E-state index >= 15 is 0 Å². The summed E-state index contributed by atoms with van der Waals surface area (Å²) in [5.74, 6) is 0.867. The van der Waals surface area contributed by atoms with Crippen LogP contribution in [0.5, 0.6) is 5.75 Å². The smallest absolute Gasteiger partial charge is 0.411 e. The van der Waals surface area contributed by atoms with E-state index in [2.05, 4.69) is 13.8 Å². The Kier molecular flexibility index (Phi) is 4.87. The van der Waals surface area contributed by atoms with E-state index in [0.29, 0.717) is 13.0 Å². The van der Waals surface area contributed by atoms with Crippen molar-refractivity contribution in [2.45, 2.75) is 71.7 Å². The van der Waals surface area contributed by atoms with Gasteiger partial charge in [-0.05, 0) is 70.7 Å². The van der Waals surface area contributed by atoms with Gasteiger partial charge in [0.2, 0.25) is 5.91 Å². The highest BCUT2D eigenvalue weighted by Crippen LogP contribution is 2.40. The fourth-order valence-corrected chi connectivity index (χ4v) is 4.27. The van der Waals surface area contributed by atoms with Gasteiger partial charge in [0, 0.05) is 6.54 Å². The zero-order chi connectivity index (χ0) is 20.1. The van der Waals surface area contributed by atoms with Crippen molar-refractivity contribution in [1.82, 2.24) is 9.80 Å². The number of nitrogens with zero attached hydrogens (tertiary/aromatic N) is 2. The van der Waals surface area contributed by atoms with Crippen molar-refractivity contribution in [3.8, 4) is 5.75 Å². The lowest BCUT2D eigenvalue weighted by Gasteiger charge is -2.38. The molecule has 2 bridgehead atoms. The Morgan fingerprint density at radius 3 is 2.44 bits per heavy atom. The summed E-state index contributed by atoms with van der Waals surface area (Å²) in [7, 11) is 1.67. The number of methoxy groups -OCH3 is 1. The molecule has 3 atom stereocenters. The molecule has 2 saturated heterocycles. The molecular formula is C21H30N2O4. The van der Waals surface area contributed by atoms with Crippen molar-refractivity contribution in [2.24, 2.45) is 0 Å². The maximum Gasteiger partial charge on any atom is 0.411 e. The number of hydrogen-bond donors (Lipinski definition) is 0. The highest BCUT2D eigenvalue weighted by atomic mass is 16.6. The summed E-state index contributed by atoms with van der Waals surface area (Å²) in [6.07, 6.45) is 0.281. The summed E-state index contributed by atoms with van der Waals surface area (Å²) >= 11 is 0. The molecule has 2 heterocycles. The Balaban J connectivity index is 1.79. The molecule has 0 radical (unpaired) electrons. The van der Waals surface area contributed by atoms with Crippen molar-refractivity contribution >= 4 is 12.0 Å². The van der Waals surface area contributed by atoms with Gasteiger partial charge in [0.05, 0.1) is 19.2 Å². The van der Waals surface area contributed by atoms with E-state index in [9.17, 15) is 9.59 Å². The minimum atomic E-state index is -0.563. The molecule has 2 amide bonds. The van der Waals surface area contributed by atoms with Crippen LogP contribution in [0.2, 0.25) is 0 Å². The van der Waals surface area contributed by atoms with Gasteiger partial charge >= 0.3 is 6.09 Å². The fourth-order valence-electron chi connectivity index (χ4n) is 4.27. The molecule has 6 heteroatoms. The molecular weight excluding hydrogens is 344 g/mol. The predicted octanol–water partition coefficient (Wildman–Crippen LogP) is 3.59. The van der Waals surface area contributed by atoms with Crippen LogP contribution in [0.4, 0.5) is 4.79 Å². The van der Waals surface area contributed by atoms with Gasteiger partial charge in [0.1, 0.15) is 17.4 Å². The topological polar surface area (TPSA) is 59.1 Å². The van der Waals surface area contributed by atoms with E-state index in [1.165, 1.54) is 0 Å². The zero-order valence-corrected chi connectivity index (χ0v) is 17.3. The Morgan fingerprint density at radius 2 is 1.89 bits per heavy atom. The van der Waals surface area contributed by atoms with Crippen LogP contribution in [0.3, 0.4) is 0 Å². The van der Waals surface area contributed by atoms with E-state index in [4.69, 9.17) is 9.47 Å². The first-order valence-corrected chi connectivity index (χ1v) is 9.51. The maximum atomic E-state index is 13.0. The molecule has 0 N–H and O–H groups in total. The summed E-state index contributed by atoms with van der Waals surface area (Å²) in [5, 5.41) is 0. The molecule has 6 nitrogen and oxygen atoms in total. The molecule has 1 aromatic rings. The van der Waals surface area contributed by atoms with Gasteiger partial charge in [0.15, 0.2) is 0 Å². The number of likely N-dealkylation sites (tertiary alicyclic amines) is 2. The Hall–Kier alpha value is -2.24. The first-order chi connectivity index (χ1) is 12.5. The van der Waals surface area contributed by atoms with Crippen LogP contribution < -0.4 is 4.74 Å². The standard InChI is InChI=1S/C21H30N2O4/c1-12-13(2)18(26-7)9-8-16(12)14(3)23-15-10-17(19(23)24)22(11-15)20(25)27-21(4,5)6/h8-9,14-15,17H,10-11H2,1-7H3/t14-,15?,17-/m0/s1. The van der Waals surface area contributed by atoms with Crippen LogP contribution in [0.1, 0.15) is 56.8 Å². The van der Waals surface area contributed by atoms with Crippen molar-refractivity contribution in [1.29, 1.82) is 0 Å². The highest BCUT2D eigenvalue weighted by Gasteiger charge is 2.53. The van der Waals surface area contributed by atoms with Gasteiger partial charge < -0.3 is 14.4 Å². The number of hydrogen-bond acceptors (Lipinski definition) is 4. The normalized spacial score (nSPS) is 23.0. The Morgan fingerprint density at radius 1 is 1.22 bits per heavy atom. The second-order valence-electron chi connectivity index (χ2n) is 8.57. The van der Waals surface area contributed by atoms with Gasteiger partial charge in [-0.3, -0.25) is 9.69 Å². The Bertz CT molecular complexity index is 768. The monoisotopic (exact) mass is 374 g/mol. The van der Waals surface area contributed by atoms with E-state index < -0.39 is 17.7 Å². The maximum absolute atomic E-state index is 13.0. The SMILES string of the molecule is COc1ccc([C@H](C)N2C(=O)[C@@H]3CC2CN3C(=O)OC(C)(C)C)c(C)c1C. The lowest BCUT2D eigenvalue weighted by atomic mass is 9.96. The molecule has 2 aliphatic heterocycles. The van der Waals surface area contributed by atoms with Gasteiger partial charge in [-0.15, -0.1) is 0 Å². The third kappa shape index (κ3) is 3.37. The highest BCUT2D eigenvalue weighted by molar-refractivity contribution is 5.90. The number of benzene rings is 1. The van der Waals surface area contributed by atoms with Gasteiger partial charge in [0.25, 0.3) is 0 Å². The third-order valence-corrected chi connectivity index (χ3v) is 5.71. The summed E-state index contributed by atoms with van der Waals surface area (Å²) < 4.78 is 10.9. The van der Waals surface area contributed by atoms with Crippen LogP contribution in [0, 0.1) is 13.8 Å². The molecule has 0 spiro atoms. The first-order valence-electron chi connectivity index (χ1n) is 9.51. The molecule has 0 aliphatic carbocycles. The van der Waals surface area contributed by atoms with Crippen molar-refractivity contribution in [3.63, 3.8) is 0 Å². The van der Waals surface area contributed by atoms with Gasteiger partial charge in [-0.25, -0.2) is 4.79 Å². The lowest BCUT2D eigenvalue weighted by molar-refractivity contribution is -0.138. The van der Waals surface area contributed by atoms with Crippen molar-refractivity contribution in [3.05, 3.63) is 28.8 Å². The summed E-state index contributed by atoms with van der Waals surface area (Å²) in [6.45, 7) is 12.2. The minimum Gasteiger partial charge on any atom is -0.496 e. The Labute approximate surface area is 161 Å². The quantitative estimate of drug-likeness (QED) is 0.811.